The standard InChI is InChI=1S/C26H32N4O6/c1-4-30-20(17-28-12-14-29(15-13-28)24(31)21-7-6-16-36-21)22(25(32)35-5-2)23(27-26(30)33)18-8-10-19(34-3)11-9-18/h6-11,16,23H,4-5,12-15,17H2,1-3H3,(H,27,33). The number of nitrogens with zero attached hydrogens (tertiary/aromatic N) is 3. The molecule has 2 aliphatic heterocycles. The Morgan fingerprint density at radius 1 is 1.08 bits per heavy atom. The first-order valence-electron chi connectivity index (χ1n) is 12.1. The van der Waals surface area contributed by atoms with Crippen LogP contribution in [-0.2, 0) is 9.53 Å². The molecule has 0 saturated carbocycles. The molecule has 1 atom stereocenters. The largest absolute Gasteiger partial charge is 0.497 e. The molecular weight excluding hydrogens is 464 g/mol. The van der Waals surface area contributed by atoms with E-state index in [-0.39, 0.29) is 18.5 Å². The van der Waals surface area contributed by atoms with Gasteiger partial charge in [-0.25, -0.2) is 9.59 Å². The Kier molecular flexibility index (Phi) is 7.94. The number of nitrogens with one attached hydrogen (secondary N) is 1. The van der Waals surface area contributed by atoms with E-state index in [0.29, 0.717) is 62.0 Å². The maximum Gasteiger partial charge on any atom is 0.338 e. The summed E-state index contributed by atoms with van der Waals surface area (Å²) in [5.74, 6) is 0.399. The van der Waals surface area contributed by atoms with Gasteiger partial charge < -0.3 is 24.1 Å². The lowest BCUT2D eigenvalue weighted by molar-refractivity contribution is -0.139. The first-order valence-corrected chi connectivity index (χ1v) is 12.1. The van der Waals surface area contributed by atoms with E-state index in [2.05, 4.69) is 10.2 Å². The number of urea groups is 1. The molecule has 1 unspecified atom stereocenters. The minimum absolute atomic E-state index is 0.141. The molecule has 0 aliphatic carbocycles. The fraction of sp³-hybridized carbons (Fsp3) is 0.423. The number of carbonyl (C=O) groups excluding carboxylic acids is 3. The zero-order chi connectivity index (χ0) is 25.7. The monoisotopic (exact) mass is 496 g/mol. The number of rotatable bonds is 8. The number of esters is 1. The molecule has 1 fully saturated rings. The minimum atomic E-state index is -0.651. The molecule has 3 heterocycles. The van der Waals surface area contributed by atoms with Crippen molar-refractivity contribution in [3.63, 3.8) is 0 Å². The summed E-state index contributed by atoms with van der Waals surface area (Å²) in [6.07, 6.45) is 1.49. The minimum Gasteiger partial charge on any atom is -0.497 e. The number of piperazine rings is 1. The lowest BCUT2D eigenvalue weighted by Gasteiger charge is -2.40. The fourth-order valence-corrected chi connectivity index (χ4v) is 4.58. The molecule has 0 radical (unpaired) electrons. The summed E-state index contributed by atoms with van der Waals surface area (Å²) in [6, 6.07) is 9.69. The van der Waals surface area contributed by atoms with Gasteiger partial charge in [-0.3, -0.25) is 14.6 Å². The molecule has 1 saturated heterocycles. The third kappa shape index (κ3) is 5.23. The van der Waals surface area contributed by atoms with E-state index in [9.17, 15) is 14.4 Å². The van der Waals surface area contributed by atoms with Gasteiger partial charge in [-0.05, 0) is 43.7 Å². The fourth-order valence-electron chi connectivity index (χ4n) is 4.58. The highest BCUT2D eigenvalue weighted by Crippen LogP contribution is 2.33. The van der Waals surface area contributed by atoms with Crippen molar-refractivity contribution in [1.82, 2.24) is 20.0 Å². The van der Waals surface area contributed by atoms with Crippen molar-refractivity contribution < 1.29 is 28.3 Å². The van der Waals surface area contributed by atoms with Gasteiger partial charge in [0.15, 0.2) is 5.76 Å². The average molecular weight is 497 g/mol. The van der Waals surface area contributed by atoms with Crippen LogP contribution < -0.4 is 10.1 Å². The first kappa shape index (κ1) is 25.3. The quantitative estimate of drug-likeness (QED) is 0.560. The Bertz CT molecular complexity index is 1100. The molecule has 0 spiro atoms. The molecule has 1 aromatic heterocycles. The smallest absolute Gasteiger partial charge is 0.338 e. The van der Waals surface area contributed by atoms with Gasteiger partial charge in [0.05, 0.1) is 31.6 Å². The predicted molar refractivity (Wildman–Crippen MR) is 131 cm³/mol. The van der Waals surface area contributed by atoms with Gasteiger partial charge in [0.25, 0.3) is 5.91 Å². The van der Waals surface area contributed by atoms with Crippen LogP contribution in [0.4, 0.5) is 4.79 Å². The molecule has 1 N–H and O–H groups in total. The van der Waals surface area contributed by atoms with E-state index in [4.69, 9.17) is 13.9 Å². The SMILES string of the molecule is CCOC(=O)C1=C(CN2CCN(C(=O)c3ccco3)CC2)N(CC)C(=O)NC1c1ccc(OC)cc1. The Balaban J connectivity index is 1.61. The van der Waals surface area contributed by atoms with E-state index in [1.54, 1.807) is 48.1 Å². The van der Waals surface area contributed by atoms with Crippen molar-refractivity contribution in [2.45, 2.75) is 19.9 Å². The number of hydrogen-bond donors (Lipinski definition) is 1. The summed E-state index contributed by atoms with van der Waals surface area (Å²) in [6.45, 7) is 6.85. The van der Waals surface area contributed by atoms with Gasteiger partial charge in [-0.2, -0.15) is 0 Å². The Morgan fingerprint density at radius 2 is 1.81 bits per heavy atom. The van der Waals surface area contributed by atoms with Crippen molar-refractivity contribution in [3.8, 4) is 5.75 Å². The summed E-state index contributed by atoms with van der Waals surface area (Å²) in [4.78, 5) is 44.5. The third-order valence-electron chi connectivity index (χ3n) is 6.46. The Hall–Kier alpha value is -3.79. The third-order valence-corrected chi connectivity index (χ3v) is 6.46. The molecule has 10 heteroatoms. The maximum atomic E-state index is 13.2. The maximum absolute atomic E-state index is 13.2. The molecule has 10 nitrogen and oxygen atoms in total. The second-order valence-electron chi connectivity index (χ2n) is 8.53. The van der Waals surface area contributed by atoms with Gasteiger partial charge in [0, 0.05) is 45.0 Å². The van der Waals surface area contributed by atoms with Gasteiger partial charge in [0.1, 0.15) is 5.75 Å². The van der Waals surface area contributed by atoms with Crippen molar-refractivity contribution >= 4 is 17.9 Å². The number of hydrogen-bond acceptors (Lipinski definition) is 7. The average Bonchev–Trinajstić information content (AvgIpc) is 3.44. The number of benzene rings is 1. The second kappa shape index (κ2) is 11.3. The second-order valence-corrected chi connectivity index (χ2v) is 8.53. The molecule has 192 valence electrons. The summed E-state index contributed by atoms with van der Waals surface area (Å²) in [7, 11) is 1.58. The van der Waals surface area contributed by atoms with E-state index in [1.165, 1.54) is 6.26 Å². The van der Waals surface area contributed by atoms with Crippen LogP contribution in [0.2, 0.25) is 0 Å². The molecule has 1 aromatic carbocycles. The van der Waals surface area contributed by atoms with Gasteiger partial charge in [-0.1, -0.05) is 12.1 Å². The van der Waals surface area contributed by atoms with Crippen molar-refractivity contribution in [1.29, 1.82) is 0 Å². The highest BCUT2D eigenvalue weighted by atomic mass is 16.5. The lowest BCUT2D eigenvalue weighted by Crippen LogP contribution is -2.53. The molecule has 0 bridgehead atoms. The molecule has 3 amide bonds. The van der Waals surface area contributed by atoms with E-state index in [0.717, 1.165) is 5.56 Å². The number of likely N-dealkylation sites (N-methyl/N-ethyl adjacent to an activating group) is 1. The number of amides is 3. The zero-order valence-corrected chi connectivity index (χ0v) is 20.9. The summed E-state index contributed by atoms with van der Waals surface area (Å²) in [5, 5.41) is 2.97. The van der Waals surface area contributed by atoms with E-state index in [1.807, 2.05) is 19.1 Å². The first-order chi connectivity index (χ1) is 17.5. The predicted octanol–water partition coefficient (Wildman–Crippen LogP) is 2.65. The van der Waals surface area contributed by atoms with Gasteiger partial charge in [-0.15, -0.1) is 0 Å². The van der Waals surface area contributed by atoms with Crippen molar-refractivity contribution in [2.24, 2.45) is 0 Å². The van der Waals surface area contributed by atoms with Crippen molar-refractivity contribution in [3.05, 3.63) is 65.3 Å². The summed E-state index contributed by atoms with van der Waals surface area (Å²) in [5.41, 5.74) is 1.79. The zero-order valence-electron chi connectivity index (χ0n) is 20.9. The topological polar surface area (TPSA) is 105 Å². The molecule has 36 heavy (non-hydrogen) atoms. The Labute approximate surface area is 210 Å². The number of methoxy groups -OCH3 is 1. The van der Waals surface area contributed by atoms with Crippen LogP contribution in [0.15, 0.2) is 58.3 Å². The molecule has 2 aliphatic rings. The van der Waals surface area contributed by atoms with Crippen LogP contribution in [-0.4, -0.2) is 85.6 Å². The van der Waals surface area contributed by atoms with Crippen LogP contribution in [0.25, 0.3) is 0 Å². The van der Waals surface area contributed by atoms with Crippen LogP contribution in [0.3, 0.4) is 0 Å². The van der Waals surface area contributed by atoms with Crippen LogP contribution >= 0.6 is 0 Å². The van der Waals surface area contributed by atoms with Crippen LogP contribution in [0.5, 0.6) is 5.75 Å². The number of furan rings is 1. The summed E-state index contributed by atoms with van der Waals surface area (Å²) < 4.78 is 15.9. The lowest BCUT2D eigenvalue weighted by atomic mass is 9.94. The molecular formula is C26H32N4O6. The molecule has 2 aromatic rings. The van der Waals surface area contributed by atoms with Crippen molar-refractivity contribution in [2.75, 3.05) is 53.0 Å². The van der Waals surface area contributed by atoms with E-state index < -0.39 is 12.0 Å². The highest BCUT2D eigenvalue weighted by molar-refractivity contribution is 5.95. The highest BCUT2D eigenvalue weighted by Gasteiger charge is 2.38. The van der Waals surface area contributed by atoms with Crippen LogP contribution in [0, 0.1) is 0 Å². The molecule has 4 rings (SSSR count). The number of carbonyl (C=O) groups is 3. The van der Waals surface area contributed by atoms with Crippen LogP contribution in [0.1, 0.15) is 36.0 Å². The van der Waals surface area contributed by atoms with E-state index >= 15 is 0 Å². The summed E-state index contributed by atoms with van der Waals surface area (Å²) >= 11 is 0. The van der Waals surface area contributed by atoms with Gasteiger partial charge >= 0.3 is 12.0 Å². The normalized spacial score (nSPS) is 18.8. The number of ether oxygens (including phenoxy) is 2. The van der Waals surface area contributed by atoms with Gasteiger partial charge in [0.2, 0.25) is 0 Å². The Morgan fingerprint density at radius 3 is 2.39 bits per heavy atom.